The molecule has 5 heteroatoms. The van der Waals surface area contributed by atoms with Gasteiger partial charge in [0, 0.05) is 16.8 Å². The van der Waals surface area contributed by atoms with Crippen molar-refractivity contribution in [2.45, 2.75) is 39.3 Å². The molecule has 4 N–H and O–H groups in total. The monoisotopic (exact) mass is 279 g/mol. The maximum Gasteiger partial charge on any atom is 0.242 e. The number of para-hydroxylation sites is 1. The van der Waals surface area contributed by atoms with Crippen LogP contribution < -0.4 is 16.4 Å². The molecule has 0 radical (unpaired) electrons. The van der Waals surface area contributed by atoms with Crippen molar-refractivity contribution in [3.8, 4) is 0 Å². The molecule has 0 heterocycles. The van der Waals surface area contributed by atoms with E-state index in [9.17, 15) is 4.79 Å². The molecule has 0 aliphatic carbocycles. The summed E-state index contributed by atoms with van der Waals surface area (Å²) in [4.78, 5) is 12.3. The molecular weight excluding hydrogens is 258 g/mol. The number of carbonyl (C=O) groups is 1. The number of nitrogens with two attached hydrogens (primary N) is 1. The fourth-order valence-corrected chi connectivity index (χ4v) is 1.78. The van der Waals surface area contributed by atoms with Gasteiger partial charge in [0.05, 0.1) is 0 Å². The van der Waals surface area contributed by atoms with Crippen molar-refractivity contribution in [1.82, 2.24) is 5.32 Å². The van der Waals surface area contributed by atoms with E-state index < -0.39 is 0 Å². The van der Waals surface area contributed by atoms with E-state index in [1.54, 1.807) is 6.92 Å². The molecule has 1 unspecified atom stereocenters. The van der Waals surface area contributed by atoms with Crippen molar-refractivity contribution in [3.05, 3.63) is 29.8 Å². The molecule has 1 atom stereocenters. The van der Waals surface area contributed by atoms with Crippen LogP contribution in [0, 0.1) is 0 Å². The van der Waals surface area contributed by atoms with Crippen molar-refractivity contribution >= 4 is 28.8 Å². The second-order valence-corrected chi connectivity index (χ2v) is 5.95. The van der Waals surface area contributed by atoms with Crippen LogP contribution in [0.15, 0.2) is 24.3 Å². The number of carbonyl (C=O) groups excluding carboxylic acids is 1. The molecule has 0 fully saturated rings. The highest BCUT2D eigenvalue weighted by Crippen LogP contribution is 2.16. The quantitative estimate of drug-likeness (QED) is 0.738. The zero-order chi connectivity index (χ0) is 14.6. The lowest BCUT2D eigenvalue weighted by molar-refractivity contribution is -0.122. The average Bonchev–Trinajstić information content (AvgIpc) is 2.27. The summed E-state index contributed by atoms with van der Waals surface area (Å²) in [6, 6.07) is 7.06. The molecule has 19 heavy (non-hydrogen) atoms. The Balaban J connectivity index is 2.80. The molecule has 1 aromatic carbocycles. The number of hydrogen-bond donors (Lipinski definition) is 3. The Hall–Kier alpha value is -1.62. The van der Waals surface area contributed by atoms with Crippen LogP contribution in [-0.2, 0) is 4.79 Å². The second kappa shape index (κ2) is 6.02. The minimum Gasteiger partial charge on any atom is -0.389 e. The lowest BCUT2D eigenvalue weighted by Gasteiger charge is -2.24. The highest BCUT2D eigenvalue weighted by Gasteiger charge is 2.19. The van der Waals surface area contributed by atoms with Crippen molar-refractivity contribution in [2.24, 2.45) is 5.73 Å². The Morgan fingerprint density at radius 1 is 1.32 bits per heavy atom. The molecule has 1 amide bonds. The summed E-state index contributed by atoms with van der Waals surface area (Å²) in [5.41, 5.74) is 6.92. The highest BCUT2D eigenvalue weighted by atomic mass is 32.1. The lowest BCUT2D eigenvalue weighted by Crippen LogP contribution is -2.47. The van der Waals surface area contributed by atoms with E-state index >= 15 is 0 Å². The van der Waals surface area contributed by atoms with E-state index in [2.05, 4.69) is 10.6 Å². The fourth-order valence-electron chi connectivity index (χ4n) is 1.60. The Morgan fingerprint density at radius 2 is 1.89 bits per heavy atom. The summed E-state index contributed by atoms with van der Waals surface area (Å²) >= 11 is 4.99. The first-order valence-electron chi connectivity index (χ1n) is 6.18. The van der Waals surface area contributed by atoms with E-state index in [0.29, 0.717) is 4.99 Å². The molecule has 0 aliphatic rings. The minimum atomic E-state index is -0.366. The van der Waals surface area contributed by atoms with Gasteiger partial charge in [-0.1, -0.05) is 24.4 Å². The average molecular weight is 279 g/mol. The molecule has 0 aromatic heterocycles. The van der Waals surface area contributed by atoms with Gasteiger partial charge in [-0.3, -0.25) is 4.79 Å². The fraction of sp³-hybridized carbons (Fsp3) is 0.429. The van der Waals surface area contributed by atoms with Gasteiger partial charge in [0.25, 0.3) is 0 Å². The van der Waals surface area contributed by atoms with Crippen molar-refractivity contribution < 1.29 is 4.79 Å². The van der Waals surface area contributed by atoms with Crippen LogP contribution in [0.1, 0.15) is 33.3 Å². The van der Waals surface area contributed by atoms with Gasteiger partial charge in [0.1, 0.15) is 11.0 Å². The third-order valence-corrected chi connectivity index (χ3v) is 2.68. The Bertz CT molecular complexity index is 480. The molecule has 104 valence electrons. The Morgan fingerprint density at radius 3 is 2.42 bits per heavy atom. The number of amides is 1. The number of nitrogens with one attached hydrogen (secondary N) is 2. The third-order valence-electron chi connectivity index (χ3n) is 2.46. The van der Waals surface area contributed by atoms with E-state index in [1.165, 1.54) is 0 Å². The largest absolute Gasteiger partial charge is 0.389 e. The molecule has 0 bridgehead atoms. The predicted molar refractivity (Wildman–Crippen MR) is 83.3 cm³/mol. The van der Waals surface area contributed by atoms with Crippen LogP contribution in [0.2, 0.25) is 0 Å². The number of anilines is 1. The molecule has 0 spiro atoms. The molecule has 1 rings (SSSR count). The summed E-state index contributed by atoms with van der Waals surface area (Å²) < 4.78 is 0. The van der Waals surface area contributed by atoms with Crippen LogP contribution in [0.5, 0.6) is 0 Å². The van der Waals surface area contributed by atoms with Crippen molar-refractivity contribution in [3.63, 3.8) is 0 Å². The van der Waals surface area contributed by atoms with Crippen molar-refractivity contribution in [1.29, 1.82) is 0 Å². The van der Waals surface area contributed by atoms with Gasteiger partial charge >= 0.3 is 0 Å². The van der Waals surface area contributed by atoms with Crippen LogP contribution in [0.3, 0.4) is 0 Å². The maximum atomic E-state index is 12.0. The maximum absolute atomic E-state index is 12.0. The Labute approximate surface area is 119 Å². The van der Waals surface area contributed by atoms with Gasteiger partial charge in [0.2, 0.25) is 5.91 Å². The molecule has 4 nitrogen and oxygen atoms in total. The molecule has 0 saturated carbocycles. The third kappa shape index (κ3) is 4.87. The summed E-state index contributed by atoms with van der Waals surface area (Å²) in [5, 5.41) is 6.06. The standard InChI is InChI=1S/C14H21N3OS/c1-9(13(18)17-14(2,3)4)16-11-8-6-5-7-10(11)12(15)19/h5-9,16H,1-4H3,(H2,15,19)(H,17,18). The molecular formula is C14H21N3OS. The molecule has 0 saturated heterocycles. The summed E-state index contributed by atoms with van der Waals surface area (Å²) in [6.45, 7) is 7.64. The van der Waals surface area contributed by atoms with Gasteiger partial charge in [-0.25, -0.2) is 0 Å². The first kappa shape index (κ1) is 15.4. The zero-order valence-corrected chi connectivity index (χ0v) is 12.6. The van der Waals surface area contributed by atoms with E-state index in [1.807, 2.05) is 45.0 Å². The van der Waals surface area contributed by atoms with E-state index in [0.717, 1.165) is 11.3 Å². The summed E-state index contributed by atoms with van der Waals surface area (Å²) in [6.07, 6.45) is 0. The number of hydrogen-bond acceptors (Lipinski definition) is 3. The van der Waals surface area contributed by atoms with Gasteiger partial charge in [0.15, 0.2) is 0 Å². The van der Waals surface area contributed by atoms with Crippen LogP contribution in [-0.4, -0.2) is 22.5 Å². The van der Waals surface area contributed by atoms with E-state index in [-0.39, 0.29) is 17.5 Å². The molecule has 0 aliphatic heterocycles. The normalized spacial score (nSPS) is 12.6. The minimum absolute atomic E-state index is 0.0646. The van der Waals surface area contributed by atoms with Gasteiger partial charge < -0.3 is 16.4 Å². The van der Waals surface area contributed by atoms with E-state index in [4.69, 9.17) is 18.0 Å². The van der Waals surface area contributed by atoms with Gasteiger partial charge in [-0.05, 0) is 39.8 Å². The molecule has 1 aromatic rings. The lowest BCUT2D eigenvalue weighted by atomic mass is 10.1. The topological polar surface area (TPSA) is 67.1 Å². The second-order valence-electron chi connectivity index (χ2n) is 5.52. The van der Waals surface area contributed by atoms with Crippen LogP contribution in [0.25, 0.3) is 0 Å². The number of thiocarbonyl (C=S) groups is 1. The first-order chi connectivity index (χ1) is 8.70. The first-order valence-corrected chi connectivity index (χ1v) is 6.59. The summed E-state index contributed by atoms with van der Waals surface area (Å²) in [7, 11) is 0. The summed E-state index contributed by atoms with van der Waals surface area (Å²) in [5.74, 6) is -0.0646. The van der Waals surface area contributed by atoms with Gasteiger partial charge in [-0.2, -0.15) is 0 Å². The van der Waals surface area contributed by atoms with Gasteiger partial charge in [-0.15, -0.1) is 0 Å². The predicted octanol–water partition coefficient (Wildman–Crippen LogP) is 2.04. The highest BCUT2D eigenvalue weighted by molar-refractivity contribution is 7.80. The zero-order valence-electron chi connectivity index (χ0n) is 11.8. The van der Waals surface area contributed by atoms with Crippen LogP contribution in [0.4, 0.5) is 5.69 Å². The van der Waals surface area contributed by atoms with Crippen molar-refractivity contribution in [2.75, 3.05) is 5.32 Å². The SMILES string of the molecule is CC(Nc1ccccc1C(N)=S)C(=O)NC(C)(C)C. The number of benzene rings is 1. The Kier molecular flexibility index (Phi) is 4.89. The number of rotatable bonds is 4. The van der Waals surface area contributed by atoms with Crippen LogP contribution >= 0.6 is 12.2 Å². The smallest absolute Gasteiger partial charge is 0.242 e.